The molecule has 0 saturated carbocycles. The van der Waals surface area contributed by atoms with Gasteiger partial charge in [-0.3, -0.25) is 13.9 Å². The lowest BCUT2D eigenvalue weighted by Crippen LogP contribution is -2.35. The first kappa shape index (κ1) is 22.7. The van der Waals surface area contributed by atoms with Crippen LogP contribution in [0.5, 0.6) is 0 Å². The van der Waals surface area contributed by atoms with Gasteiger partial charge in [-0.15, -0.1) is 0 Å². The zero-order valence-corrected chi connectivity index (χ0v) is 16.8. The van der Waals surface area contributed by atoms with Crippen LogP contribution in [-0.2, 0) is 18.6 Å². The molecule has 3 rings (SSSR count). The molecule has 0 bridgehead atoms. The number of ether oxygens (including phenoxy) is 1. The standard InChI is InChI=1S/C15H23N6O8P/c1-2-3-7(16)14(24)20-12-9-13(18-5-17-12)21(6-19-9)15-11(23)10(22)8(29-15)4-28-30(25,26)27/h5-8,10-11,15,22-23H,2-4,16H2,1H3,(H2,25,26,27)(H,17,18,20,24)/t7-,8+,10+,11+,15+/m0/s1. The predicted molar refractivity (Wildman–Crippen MR) is 101 cm³/mol. The van der Waals surface area contributed by atoms with Gasteiger partial charge in [0.05, 0.1) is 19.0 Å². The highest BCUT2D eigenvalue weighted by atomic mass is 31.2. The number of carbonyl (C=O) groups is 1. The second kappa shape index (κ2) is 8.99. The zero-order valence-electron chi connectivity index (χ0n) is 15.9. The Bertz CT molecular complexity index is 950. The molecule has 3 heterocycles. The van der Waals surface area contributed by atoms with E-state index in [1.54, 1.807) is 0 Å². The van der Waals surface area contributed by atoms with Crippen molar-refractivity contribution in [1.29, 1.82) is 0 Å². The number of amides is 1. The molecule has 1 fully saturated rings. The van der Waals surface area contributed by atoms with E-state index < -0.39 is 50.9 Å². The molecule has 2 aromatic rings. The number of nitrogens with zero attached hydrogens (tertiary/aromatic N) is 4. The summed E-state index contributed by atoms with van der Waals surface area (Å²) < 4.78 is 22.0. The van der Waals surface area contributed by atoms with Crippen LogP contribution in [0.15, 0.2) is 12.7 Å². The Kier molecular flexibility index (Phi) is 6.79. The summed E-state index contributed by atoms with van der Waals surface area (Å²) >= 11 is 0. The molecule has 5 atom stereocenters. The number of hydrogen-bond donors (Lipinski definition) is 6. The Morgan fingerprint density at radius 1 is 1.37 bits per heavy atom. The molecule has 2 aromatic heterocycles. The molecule has 0 radical (unpaired) electrons. The quantitative estimate of drug-likeness (QED) is 0.259. The third-order valence-electron chi connectivity index (χ3n) is 4.56. The number of fused-ring (bicyclic) bond motifs is 1. The van der Waals surface area contributed by atoms with E-state index in [0.29, 0.717) is 6.42 Å². The summed E-state index contributed by atoms with van der Waals surface area (Å²) in [6.45, 7) is 1.26. The van der Waals surface area contributed by atoms with Crippen molar-refractivity contribution in [2.75, 3.05) is 11.9 Å². The number of phosphoric ester groups is 1. The van der Waals surface area contributed by atoms with Crippen molar-refractivity contribution >= 4 is 30.7 Å². The van der Waals surface area contributed by atoms with Crippen LogP contribution >= 0.6 is 7.82 Å². The molecule has 0 aliphatic carbocycles. The number of anilines is 1. The molecule has 7 N–H and O–H groups in total. The van der Waals surface area contributed by atoms with Gasteiger partial charge < -0.3 is 35.8 Å². The van der Waals surface area contributed by atoms with Gasteiger partial charge in [0.1, 0.15) is 24.6 Å². The van der Waals surface area contributed by atoms with E-state index in [1.807, 2.05) is 6.92 Å². The second-order valence-corrected chi connectivity index (χ2v) is 8.00. The summed E-state index contributed by atoms with van der Waals surface area (Å²) in [4.78, 5) is 42.0. The predicted octanol–water partition coefficient (Wildman–Crippen LogP) is -1.38. The van der Waals surface area contributed by atoms with Gasteiger partial charge in [-0.05, 0) is 6.42 Å². The fraction of sp³-hybridized carbons (Fsp3) is 0.600. The molecule has 0 spiro atoms. The number of aliphatic hydroxyl groups excluding tert-OH is 2. The molecule has 166 valence electrons. The Morgan fingerprint density at radius 2 is 2.10 bits per heavy atom. The van der Waals surface area contributed by atoms with Crippen LogP contribution in [0.4, 0.5) is 5.82 Å². The molecule has 14 nitrogen and oxygen atoms in total. The van der Waals surface area contributed by atoms with E-state index in [4.69, 9.17) is 20.3 Å². The van der Waals surface area contributed by atoms with Crippen LogP contribution in [0.3, 0.4) is 0 Å². The van der Waals surface area contributed by atoms with Crippen molar-refractivity contribution in [2.24, 2.45) is 5.73 Å². The fourth-order valence-electron chi connectivity index (χ4n) is 3.05. The maximum atomic E-state index is 12.2. The first-order valence-corrected chi connectivity index (χ1v) is 10.6. The highest BCUT2D eigenvalue weighted by Crippen LogP contribution is 2.38. The SMILES string of the molecule is CCC[C@H](N)C(=O)Nc1ncnc2c1ncn2[C@@H]1O[C@H](COP(=O)(O)O)[C@@H](O)[C@H]1O. The lowest BCUT2D eigenvalue weighted by molar-refractivity contribution is -0.117. The first-order valence-electron chi connectivity index (χ1n) is 9.08. The normalized spacial score (nSPS) is 25.5. The van der Waals surface area contributed by atoms with Crippen LogP contribution in [0, 0.1) is 0 Å². The number of aliphatic hydroxyl groups is 2. The molecule has 0 unspecified atom stereocenters. The summed E-state index contributed by atoms with van der Waals surface area (Å²) in [5, 5.41) is 23.1. The molecule has 1 aliphatic rings. The van der Waals surface area contributed by atoms with E-state index >= 15 is 0 Å². The summed E-state index contributed by atoms with van der Waals surface area (Å²) in [6.07, 6.45) is -1.65. The minimum atomic E-state index is -4.78. The van der Waals surface area contributed by atoms with Crippen molar-refractivity contribution in [3.8, 4) is 0 Å². The Balaban J connectivity index is 1.82. The summed E-state index contributed by atoms with van der Waals surface area (Å²) in [7, 11) is -4.78. The lowest BCUT2D eigenvalue weighted by atomic mass is 10.1. The summed E-state index contributed by atoms with van der Waals surface area (Å²) in [5.74, 6) is -0.321. The number of rotatable bonds is 8. The van der Waals surface area contributed by atoms with Gasteiger partial charge >= 0.3 is 7.82 Å². The number of hydrogen-bond acceptors (Lipinski definition) is 10. The number of nitrogens with two attached hydrogens (primary N) is 1. The molecule has 1 aliphatic heterocycles. The average molecular weight is 446 g/mol. The first-order chi connectivity index (χ1) is 14.1. The number of aromatic nitrogens is 4. The molecular weight excluding hydrogens is 423 g/mol. The zero-order chi connectivity index (χ0) is 22.1. The van der Waals surface area contributed by atoms with E-state index in [-0.39, 0.29) is 17.0 Å². The van der Waals surface area contributed by atoms with Gasteiger partial charge in [0.25, 0.3) is 0 Å². The van der Waals surface area contributed by atoms with Crippen LogP contribution in [0.1, 0.15) is 26.0 Å². The third kappa shape index (κ3) is 4.82. The molecule has 15 heteroatoms. The van der Waals surface area contributed by atoms with Crippen molar-refractivity contribution in [3.05, 3.63) is 12.7 Å². The molecule has 30 heavy (non-hydrogen) atoms. The second-order valence-electron chi connectivity index (χ2n) is 6.76. The number of phosphoric acid groups is 1. The maximum absolute atomic E-state index is 12.2. The topological polar surface area (TPSA) is 215 Å². The summed E-state index contributed by atoms with van der Waals surface area (Å²) in [6, 6.07) is -0.716. The van der Waals surface area contributed by atoms with E-state index in [2.05, 4.69) is 24.8 Å². The monoisotopic (exact) mass is 446 g/mol. The molecule has 1 saturated heterocycles. The van der Waals surface area contributed by atoms with Crippen molar-refractivity contribution < 1.29 is 38.6 Å². The largest absolute Gasteiger partial charge is 0.469 e. The Morgan fingerprint density at radius 3 is 2.77 bits per heavy atom. The van der Waals surface area contributed by atoms with Gasteiger partial charge in [-0.1, -0.05) is 13.3 Å². The lowest BCUT2D eigenvalue weighted by Gasteiger charge is -2.16. The van der Waals surface area contributed by atoms with Crippen molar-refractivity contribution in [3.63, 3.8) is 0 Å². The molecule has 0 aromatic carbocycles. The van der Waals surface area contributed by atoms with Crippen molar-refractivity contribution in [2.45, 2.75) is 50.3 Å². The van der Waals surface area contributed by atoms with Gasteiger partial charge in [-0.2, -0.15) is 0 Å². The van der Waals surface area contributed by atoms with Crippen molar-refractivity contribution in [1.82, 2.24) is 19.5 Å². The smallest absolute Gasteiger partial charge is 0.387 e. The highest BCUT2D eigenvalue weighted by Gasteiger charge is 2.45. The van der Waals surface area contributed by atoms with Crippen LogP contribution in [0.2, 0.25) is 0 Å². The van der Waals surface area contributed by atoms with Gasteiger partial charge in [0.2, 0.25) is 5.91 Å². The third-order valence-corrected chi connectivity index (χ3v) is 5.04. The van der Waals surface area contributed by atoms with Crippen LogP contribution < -0.4 is 11.1 Å². The van der Waals surface area contributed by atoms with E-state index in [9.17, 15) is 19.6 Å². The number of nitrogens with one attached hydrogen (secondary N) is 1. The van der Waals surface area contributed by atoms with E-state index in [0.717, 1.165) is 6.42 Å². The highest BCUT2D eigenvalue weighted by molar-refractivity contribution is 7.46. The fourth-order valence-corrected chi connectivity index (χ4v) is 3.39. The Labute approximate surface area is 170 Å². The van der Waals surface area contributed by atoms with Crippen LogP contribution in [0.25, 0.3) is 11.2 Å². The maximum Gasteiger partial charge on any atom is 0.469 e. The number of carbonyl (C=O) groups excluding carboxylic acids is 1. The van der Waals surface area contributed by atoms with Gasteiger partial charge in [-0.25, -0.2) is 19.5 Å². The molecular formula is C15H23N6O8P. The Hall–Kier alpha value is -2.03. The minimum Gasteiger partial charge on any atom is -0.387 e. The minimum absolute atomic E-state index is 0.115. The van der Waals surface area contributed by atoms with Gasteiger partial charge in [0.15, 0.2) is 23.2 Å². The van der Waals surface area contributed by atoms with Gasteiger partial charge in [0, 0.05) is 0 Å². The summed E-state index contributed by atoms with van der Waals surface area (Å²) in [5.41, 5.74) is 6.20. The van der Waals surface area contributed by atoms with E-state index in [1.165, 1.54) is 17.2 Å². The van der Waals surface area contributed by atoms with Crippen LogP contribution in [-0.4, -0.2) is 76.4 Å². The number of imidazole rings is 1. The molecule has 1 amide bonds. The average Bonchev–Trinajstić information content (AvgIpc) is 3.22.